The number of hydrogen-bond acceptors (Lipinski definition) is 3. The van der Waals surface area contributed by atoms with E-state index in [1.807, 2.05) is 24.3 Å². The molecule has 0 atom stereocenters. The zero-order valence-corrected chi connectivity index (χ0v) is 15.3. The lowest BCUT2D eigenvalue weighted by Crippen LogP contribution is -2.48. The Balaban J connectivity index is 2.05. The summed E-state index contributed by atoms with van der Waals surface area (Å²) in [6.45, 7) is 3.77. The first-order chi connectivity index (χ1) is 11.7. The molecule has 1 amide bonds. The molecule has 3 nitrogen and oxygen atoms in total. The molecule has 1 heterocycles. The van der Waals surface area contributed by atoms with Crippen molar-refractivity contribution in [3.8, 4) is 0 Å². The molecule has 0 spiro atoms. The largest absolute Gasteiger partial charge is 0.406 e. The Morgan fingerprint density at radius 2 is 1.84 bits per heavy atom. The van der Waals surface area contributed by atoms with Crippen molar-refractivity contribution < 1.29 is 22.7 Å². The lowest BCUT2D eigenvalue weighted by atomic mass is 10.0. The van der Waals surface area contributed by atoms with Crippen LogP contribution in [0.5, 0.6) is 0 Å². The summed E-state index contributed by atoms with van der Waals surface area (Å²) in [4.78, 5) is 14.6. The van der Waals surface area contributed by atoms with Crippen LogP contribution in [0.3, 0.4) is 0 Å². The molecule has 1 aliphatic rings. The maximum absolute atomic E-state index is 12.9. The molecule has 0 unspecified atom stereocenters. The number of ether oxygens (including phenoxy) is 1. The molecule has 1 aliphatic heterocycles. The maximum Gasteiger partial charge on any atom is 0.406 e. The van der Waals surface area contributed by atoms with Crippen LogP contribution in [0.15, 0.2) is 29.2 Å². The van der Waals surface area contributed by atoms with Crippen LogP contribution in [0.25, 0.3) is 0 Å². The fourth-order valence-electron chi connectivity index (χ4n) is 2.85. The lowest BCUT2D eigenvalue weighted by molar-refractivity contribution is -0.168. The number of thioether (sulfide) groups is 1. The molecule has 140 valence electrons. The van der Waals surface area contributed by atoms with Crippen molar-refractivity contribution in [3.63, 3.8) is 0 Å². The van der Waals surface area contributed by atoms with Crippen LogP contribution in [-0.4, -0.2) is 48.0 Å². The van der Waals surface area contributed by atoms with Gasteiger partial charge in [0.25, 0.3) is 0 Å². The molecule has 7 heteroatoms. The Kier molecular flexibility index (Phi) is 7.19. The number of hydrogen-bond donors (Lipinski definition) is 0. The fraction of sp³-hybridized carbons (Fsp3) is 0.611. The van der Waals surface area contributed by atoms with Gasteiger partial charge < -0.3 is 9.64 Å². The van der Waals surface area contributed by atoms with Gasteiger partial charge in [0.05, 0.1) is 6.42 Å². The fourth-order valence-corrected chi connectivity index (χ4v) is 3.68. The highest BCUT2D eigenvalue weighted by atomic mass is 32.2. The van der Waals surface area contributed by atoms with Crippen LogP contribution in [0.4, 0.5) is 13.2 Å². The number of halogens is 3. The maximum atomic E-state index is 12.9. The molecule has 1 aromatic carbocycles. The van der Waals surface area contributed by atoms with Gasteiger partial charge in [-0.15, -0.1) is 11.8 Å². The number of carbonyl (C=O) groups excluding carboxylic acids is 1. The summed E-state index contributed by atoms with van der Waals surface area (Å²) in [6.07, 6.45) is -3.51. The normalized spacial score (nSPS) is 16.2. The predicted octanol–water partition coefficient (Wildman–Crippen LogP) is 4.30. The average Bonchev–Trinajstić information content (AvgIpc) is 2.54. The second-order valence-electron chi connectivity index (χ2n) is 6.47. The molecular weight excluding hydrogens is 351 g/mol. The minimum absolute atomic E-state index is 0.0138. The zero-order valence-electron chi connectivity index (χ0n) is 14.5. The number of alkyl halides is 3. The van der Waals surface area contributed by atoms with Crippen LogP contribution < -0.4 is 0 Å². The summed E-state index contributed by atoms with van der Waals surface area (Å²) in [6, 6.07) is 7.06. The van der Waals surface area contributed by atoms with Gasteiger partial charge >= 0.3 is 6.18 Å². The van der Waals surface area contributed by atoms with E-state index in [1.165, 1.54) is 0 Å². The third-order valence-corrected chi connectivity index (χ3v) is 4.97. The van der Waals surface area contributed by atoms with Gasteiger partial charge in [0, 0.05) is 29.4 Å². The summed E-state index contributed by atoms with van der Waals surface area (Å²) >= 11 is 1.70. The molecule has 2 rings (SSSR count). The third kappa shape index (κ3) is 6.90. The van der Waals surface area contributed by atoms with E-state index < -0.39 is 24.7 Å². The van der Waals surface area contributed by atoms with Gasteiger partial charge in [0.15, 0.2) is 0 Å². The Bertz CT molecular complexity index is 554. The standard InChI is InChI=1S/C18H24F3NO2S/c1-13(2)25-16-5-3-14(4-6-16)11-17(23)22(12-18(19,20)21)15-7-9-24-10-8-15/h3-6,13,15H,7-12H2,1-2H3. The van der Waals surface area contributed by atoms with Crippen molar-refractivity contribution in [1.82, 2.24) is 4.90 Å². The van der Waals surface area contributed by atoms with E-state index in [0.717, 1.165) is 15.4 Å². The van der Waals surface area contributed by atoms with Crippen molar-refractivity contribution >= 4 is 17.7 Å². The van der Waals surface area contributed by atoms with Crippen molar-refractivity contribution in [3.05, 3.63) is 29.8 Å². The molecule has 0 saturated carbocycles. The van der Waals surface area contributed by atoms with Gasteiger partial charge in [-0.05, 0) is 30.5 Å². The Morgan fingerprint density at radius 1 is 1.24 bits per heavy atom. The summed E-state index contributed by atoms with van der Waals surface area (Å²) < 4.78 is 43.9. The molecule has 25 heavy (non-hydrogen) atoms. The van der Waals surface area contributed by atoms with Crippen molar-refractivity contribution in [2.45, 2.75) is 55.5 Å². The van der Waals surface area contributed by atoms with Gasteiger partial charge in [0.2, 0.25) is 5.91 Å². The number of benzene rings is 1. The Morgan fingerprint density at radius 3 is 2.36 bits per heavy atom. The van der Waals surface area contributed by atoms with E-state index in [2.05, 4.69) is 13.8 Å². The van der Waals surface area contributed by atoms with Crippen molar-refractivity contribution in [2.75, 3.05) is 19.8 Å². The van der Waals surface area contributed by atoms with E-state index in [-0.39, 0.29) is 6.42 Å². The van der Waals surface area contributed by atoms with E-state index in [0.29, 0.717) is 31.3 Å². The molecule has 0 aromatic heterocycles. The summed E-state index contributed by atoms with van der Waals surface area (Å²) in [7, 11) is 0. The first-order valence-electron chi connectivity index (χ1n) is 8.44. The monoisotopic (exact) mass is 375 g/mol. The molecule has 0 radical (unpaired) electrons. The van der Waals surface area contributed by atoms with E-state index in [1.54, 1.807) is 11.8 Å². The first-order valence-corrected chi connectivity index (χ1v) is 9.32. The highest BCUT2D eigenvalue weighted by molar-refractivity contribution is 7.99. The third-order valence-electron chi connectivity index (χ3n) is 3.95. The highest BCUT2D eigenvalue weighted by Gasteiger charge is 2.36. The average molecular weight is 375 g/mol. The van der Waals surface area contributed by atoms with Crippen LogP contribution in [0.2, 0.25) is 0 Å². The van der Waals surface area contributed by atoms with Gasteiger partial charge in [0.1, 0.15) is 6.54 Å². The van der Waals surface area contributed by atoms with E-state index in [9.17, 15) is 18.0 Å². The predicted molar refractivity (Wildman–Crippen MR) is 92.7 cm³/mol. The molecule has 0 aliphatic carbocycles. The van der Waals surface area contributed by atoms with Crippen LogP contribution in [0, 0.1) is 0 Å². The second-order valence-corrected chi connectivity index (χ2v) is 8.12. The molecule has 0 N–H and O–H groups in total. The topological polar surface area (TPSA) is 29.5 Å². The van der Waals surface area contributed by atoms with Crippen molar-refractivity contribution in [2.24, 2.45) is 0 Å². The number of rotatable bonds is 6. The highest BCUT2D eigenvalue weighted by Crippen LogP contribution is 2.25. The van der Waals surface area contributed by atoms with Crippen LogP contribution >= 0.6 is 11.8 Å². The number of nitrogens with zero attached hydrogens (tertiary/aromatic N) is 1. The smallest absolute Gasteiger partial charge is 0.381 e. The zero-order chi connectivity index (χ0) is 18.4. The minimum atomic E-state index is -4.40. The van der Waals surface area contributed by atoms with Crippen molar-refractivity contribution in [1.29, 1.82) is 0 Å². The molecular formula is C18H24F3NO2S. The molecule has 0 bridgehead atoms. The molecule has 1 aromatic rings. The van der Waals surface area contributed by atoms with Gasteiger partial charge in [-0.1, -0.05) is 26.0 Å². The Labute approximate surface area is 150 Å². The second kappa shape index (κ2) is 8.94. The first kappa shape index (κ1) is 20.1. The Hall–Kier alpha value is -1.21. The van der Waals surface area contributed by atoms with Crippen LogP contribution in [0.1, 0.15) is 32.3 Å². The van der Waals surface area contributed by atoms with Crippen LogP contribution in [-0.2, 0) is 16.0 Å². The minimum Gasteiger partial charge on any atom is -0.381 e. The summed E-state index contributed by atoms with van der Waals surface area (Å²) in [5, 5.41) is 0.447. The van der Waals surface area contributed by atoms with E-state index in [4.69, 9.17) is 4.74 Å². The summed E-state index contributed by atoms with van der Waals surface area (Å²) in [5.41, 5.74) is 0.734. The SMILES string of the molecule is CC(C)Sc1ccc(CC(=O)N(CC(F)(F)F)C2CCOCC2)cc1. The lowest BCUT2D eigenvalue weighted by Gasteiger charge is -2.35. The molecule has 1 saturated heterocycles. The number of carbonyl (C=O) groups is 1. The summed E-state index contributed by atoms with van der Waals surface area (Å²) in [5.74, 6) is -0.478. The quantitative estimate of drug-likeness (QED) is 0.695. The van der Waals surface area contributed by atoms with Gasteiger partial charge in [-0.3, -0.25) is 4.79 Å². The van der Waals surface area contributed by atoms with Gasteiger partial charge in [-0.2, -0.15) is 13.2 Å². The van der Waals surface area contributed by atoms with E-state index >= 15 is 0 Å². The van der Waals surface area contributed by atoms with Gasteiger partial charge in [-0.25, -0.2) is 0 Å². The number of amides is 1. The molecule has 1 fully saturated rings.